The maximum Gasteiger partial charge on any atom is 0.340 e. The molecule has 0 saturated carbocycles. The summed E-state index contributed by atoms with van der Waals surface area (Å²) in [5.74, 6) is -0.822. The smallest absolute Gasteiger partial charge is 0.340 e. The van der Waals surface area contributed by atoms with Crippen LogP contribution in [0.5, 0.6) is 0 Å². The van der Waals surface area contributed by atoms with Crippen molar-refractivity contribution in [3.8, 4) is 0 Å². The number of hydrogen-bond acceptors (Lipinski definition) is 4. The molecule has 2 heterocycles. The van der Waals surface area contributed by atoms with Crippen molar-refractivity contribution in [3.63, 3.8) is 0 Å². The van der Waals surface area contributed by atoms with Gasteiger partial charge < -0.3 is 9.72 Å². The second-order valence-corrected chi connectivity index (χ2v) is 6.20. The second-order valence-electron chi connectivity index (χ2n) is 5.29. The normalized spacial score (nSPS) is 10.8. The van der Waals surface area contributed by atoms with E-state index >= 15 is 0 Å². The molecule has 0 spiro atoms. The van der Waals surface area contributed by atoms with E-state index in [1.807, 2.05) is 18.2 Å². The van der Waals surface area contributed by atoms with Crippen molar-refractivity contribution >= 4 is 38.6 Å². The van der Waals surface area contributed by atoms with E-state index in [4.69, 9.17) is 4.74 Å². The molecule has 0 aliphatic carbocycles. The number of hydrogen-bond donors (Lipinski definition) is 1. The number of para-hydroxylation sites is 1. The number of benzene rings is 1. The van der Waals surface area contributed by atoms with Crippen LogP contribution in [0.3, 0.4) is 0 Å². The Morgan fingerprint density at radius 3 is 2.88 bits per heavy atom. The minimum Gasteiger partial charge on any atom is -0.454 e. The number of ether oxygens (including phenoxy) is 1. The van der Waals surface area contributed by atoms with Gasteiger partial charge in [0.25, 0.3) is 0 Å². The van der Waals surface area contributed by atoms with Crippen molar-refractivity contribution in [2.45, 2.75) is 13.3 Å². The largest absolute Gasteiger partial charge is 0.454 e. The Labute approximate surface area is 147 Å². The molecule has 0 atom stereocenters. The standard InChI is InChI=1S/C18H15BrN2O3/c1-2-11-4-3-5-14-15(9-21-17(11)14)16(22)10-24-18(23)12-6-13(19)8-20-7-12/h3-9,21H,2,10H2,1H3. The fraction of sp³-hybridized carbons (Fsp3) is 0.167. The second kappa shape index (κ2) is 6.97. The quantitative estimate of drug-likeness (QED) is 0.532. The zero-order valence-corrected chi connectivity index (χ0v) is 14.6. The summed E-state index contributed by atoms with van der Waals surface area (Å²) in [5.41, 5.74) is 2.92. The van der Waals surface area contributed by atoms with Gasteiger partial charge in [0.2, 0.25) is 5.78 Å². The number of aromatic amines is 1. The van der Waals surface area contributed by atoms with Crippen molar-refractivity contribution in [2.75, 3.05) is 6.61 Å². The maximum atomic E-state index is 12.4. The summed E-state index contributed by atoms with van der Waals surface area (Å²) in [6.07, 6.45) is 5.51. The third-order valence-electron chi connectivity index (χ3n) is 3.76. The highest BCUT2D eigenvalue weighted by Crippen LogP contribution is 2.22. The third-order valence-corrected chi connectivity index (χ3v) is 4.19. The van der Waals surface area contributed by atoms with Crippen LogP contribution in [0, 0.1) is 0 Å². The van der Waals surface area contributed by atoms with Crippen LogP contribution in [0.2, 0.25) is 0 Å². The summed E-state index contributed by atoms with van der Waals surface area (Å²) in [6, 6.07) is 7.43. The number of aromatic nitrogens is 2. The molecule has 122 valence electrons. The molecule has 24 heavy (non-hydrogen) atoms. The first-order valence-electron chi connectivity index (χ1n) is 7.50. The number of halogens is 1. The number of esters is 1. The van der Waals surface area contributed by atoms with Crippen LogP contribution in [-0.2, 0) is 11.2 Å². The molecule has 0 unspecified atom stereocenters. The molecule has 0 fully saturated rings. The number of carbonyl (C=O) groups excluding carboxylic acids is 2. The third kappa shape index (κ3) is 3.23. The molecule has 0 amide bonds. The van der Waals surface area contributed by atoms with E-state index in [0.29, 0.717) is 15.6 Å². The lowest BCUT2D eigenvalue weighted by atomic mass is 10.1. The van der Waals surface area contributed by atoms with Crippen LogP contribution >= 0.6 is 15.9 Å². The van der Waals surface area contributed by atoms with Gasteiger partial charge in [-0.15, -0.1) is 0 Å². The lowest BCUT2D eigenvalue weighted by Crippen LogP contribution is -2.14. The van der Waals surface area contributed by atoms with Gasteiger partial charge in [0.15, 0.2) is 6.61 Å². The van der Waals surface area contributed by atoms with E-state index in [1.165, 1.54) is 6.20 Å². The van der Waals surface area contributed by atoms with Crippen molar-refractivity contribution in [2.24, 2.45) is 0 Å². The summed E-state index contributed by atoms with van der Waals surface area (Å²) in [5, 5.41) is 0.847. The number of rotatable bonds is 5. The molecular weight excluding hydrogens is 372 g/mol. The topological polar surface area (TPSA) is 72.1 Å². The van der Waals surface area contributed by atoms with Crippen LogP contribution in [0.25, 0.3) is 10.9 Å². The number of carbonyl (C=O) groups is 2. The molecule has 3 rings (SSSR count). The fourth-order valence-electron chi connectivity index (χ4n) is 2.56. The number of Topliss-reactive ketones (excluding diaryl/α,β-unsaturated/α-hetero) is 1. The van der Waals surface area contributed by atoms with Gasteiger partial charge >= 0.3 is 5.97 Å². The summed E-state index contributed by atoms with van der Waals surface area (Å²) in [6.45, 7) is 1.75. The zero-order valence-electron chi connectivity index (χ0n) is 13.0. The van der Waals surface area contributed by atoms with E-state index in [9.17, 15) is 9.59 Å². The molecule has 1 N–H and O–H groups in total. The lowest BCUT2D eigenvalue weighted by molar-refractivity contribution is 0.0474. The predicted octanol–water partition coefficient (Wildman–Crippen LogP) is 3.93. The summed E-state index contributed by atoms with van der Waals surface area (Å²) < 4.78 is 5.78. The Kier molecular flexibility index (Phi) is 4.76. The van der Waals surface area contributed by atoms with Gasteiger partial charge in [-0.25, -0.2) is 4.79 Å². The van der Waals surface area contributed by atoms with Crippen molar-refractivity contribution in [1.29, 1.82) is 0 Å². The summed E-state index contributed by atoms with van der Waals surface area (Å²) in [4.78, 5) is 31.4. The highest BCUT2D eigenvalue weighted by Gasteiger charge is 2.16. The first kappa shape index (κ1) is 16.4. The monoisotopic (exact) mass is 386 g/mol. The van der Waals surface area contributed by atoms with Gasteiger partial charge in [0, 0.05) is 39.5 Å². The Morgan fingerprint density at radius 2 is 2.12 bits per heavy atom. The van der Waals surface area contributed by atoms with E-state index in [0.717, 1.165) is 22.9 Å². The zero-order chi connectivity index (χ0) is 17.1. The number of nitrogens with one attached hydrogen (secondary N) is 1. The van der Waals surface area contributed by atoms with Crippen LogP contribution in [0.1, 0.15) is 33.2 Å². The van der Waals surface area contributed by atoms with Gasteiger partial charge in [-0.3, -0.25) is 9.78 Å². The average Bonchev–Trinajstić information content (AvgIpc) is 3.03. The Bertz CT molecular complexity index is 918. The molecule has 2 aromatic heterocycles. The van der Waals surface area contributed by atoms with Crippen LogP contribution < -0.4 is 0 Å². The number of H-pyrrole nitrogens is 1. The predicted molar refractivity (Wildman–Crippen MR) is 94.2 cm³/mol. The highest BCUT2D eigenvalue weighted by molar-refractivity contribution is 9.10. The summed E-state index contributed by atoms with van der Waals surface area (Å²) in [7, 11) is 0. The minimum absolute atomic E-state index is 0.245. The first-order chi connectivity index (χ1) is 11.6. The number of aryl methyl sites for hydroxylation is 1. The number of pyridine rings is 1. The fourth-order valence-corrected chi connectivity index (χ4v) is 2.92. The van der Waals surface area contributed by atoms with Gasteiger partial charge in [-0.1, -0.05) is 25.1 Å². The molecule has 0 saturated heterocycles. The van der Waals surface area contributed by atoms with Crippen LogP contribution in [0.15, 0.2) is 47.3 Å². The number of ketones is 1. The lowest BCUT2D eigenvalue weighted by Gasteiger charge is -2.04. The van der Waals surface area contributed by atoms with Crippen molar-refractivity contribution < 1.29 is 14.3 Å². The molecule has 0 bridgehead atoms. The van der Waals surface area contributed by atoms with Gasteiger partial charge in [0.1, 0.15) is 0 Å². The van der Waals surface area contributed by atoms with E-state index in [2.05, 4.69) is 32.8 Å². The van der Waals surface area contributed by atoms with Gasteiger partial charge in [-0.05, 0) is 34.0 Å². The van der Waals surface area contributed by atoms with Crippen molar-refractivity contribution in [1.82, 2.24) is 9.97 Å². The Morgan fingerprint density at radius 1 is 1.29 bits per heavy atom. The summed E-state index contributed by atoms with van der Waals surface area (Å²) >= 11 is 3.24. The Hall–Kier alpha value is -2.47. The van der Waals surface area contributed by atoms with Crippen LogP contribution in [-0.4, -0.2) is 28.3 Å². The van der Waals surface area contributed by atoms with E-state index in [-0.39, 0.29) is 12.4 Å². The Balaban J connectivity index is 1.75. The number of fused-ring (bicyclic) bond motifs is 1. The van der Waals surface area contributed by atoms with Crippen LogP contribution in [0.4, 0.5) is 0 Å². The SMILES string of the molecule is CCc1cccc2c(C(=O)COC(=O)c3cncc(Br)c3)c[nH]c12. The molecule has 1 aromatic carbocycles. The molecule has 5 nitrogen and oxygen atoms in total. The molecule has 0 aliphatic rings. The van der Waals surface area contributed by atoms with E-state index < -0.39 is 5.97 Å². The number of nitrogens with zero attached hydrogens (tertiary/aromatic N) is 1. The molecular formula is C18H15BrN2O3. The van der Waals surface area contributed by atoms with E-state index in [1.54, 1.807) is 18.5 Å². The highest BCUT2D eigenvalue weighted by atomic mass is 79.9. The van der Waals surface area contributed by atoms with Gasteiger partial charge in [-0.2, -0.15) is 0 Å². The molecule has 6 heteroatoms. The van der Waals surface area contributed by atoms with Gasteiger partial charge in [0.05, 0.1) is 5.56 Å². The molecule has 0 aliphatic heterocycles. The average molecular weight is 387 g/mol. The molecule has 0 radical (unpaired) electrons. The minimum atomic E-state index is -0.578. The van der Waals surface area contributed by atoms with Crippen molar-refractivity contribution in [3.05, 3.63) is 64.0 Å². The molecule has 3 aromatic rings. The first-order valence-corrected chi connectivity index (χ1v) is 8.29. The maximum absolute atomic E-state index is 12.4.